The highest BCUT2D eigenvalue weighted by Gasteiger charge is 2.41. The second-order valence-electron chi connectivity index (χ2n) is 13.0. The van der Waals surface area contributed by atoms with Crippen LogP contribution >= 0.6 is 36.1 Å². The van der Waals surface area contributed by atoms with Crippen LogP contribution in [0, 0.1) is 0 Å². The number of rotatable bonds is 19. The van der Waals surface area contributed by atoms with Gasteiger partial charge in [-0.3, -0.25) is 13.9 Å². The minimum Gasteiger partial charge on any atom is -0.505 e. The van der Waals surface area contributed by atoms with E-state index < -0.39 is 70.8 Å². The molecule has 1 atom stereocenters. The maximum Gasteiger partial charge on any atom is 0.355 e. The van der Waals surface area contributed by atoms with Gasteiger partial charge in [0.2, 0.25) is 6.04 Å². The van der Waals surface area contributed by atoms with Crippen LogP contribution in [-0.2, 0) is 57.9 Å². The van der Waals surface area contributed by atoms with E-state index in [9.17, 15) is 45.7 Å². The van der Waals surface area contributed by atoms with Gasteiger partial charge in [-0.15, -0.1) is 28.3 Å². The standard InChI is InChI=1S/C36H24N8O19S5/c45-34-24-16-28(40-42-32-33(36(47)48)43-44(35(32)46)19-3-7-21(8-4-19)65-62-59-50)30(68(55,56)57)14-17(24)13-29(66-63-60-51)31(34)41-39-27-12-11-26(23-10-9-22(15-25(23)27)67(52,53)54)38-37-18-1-5-20(6-2-18)64-61-58-49/h1-16,32,45,49-51H,(H,47,48)(H,52,53,54)(H,55,56,57). The van der Waals surface area contributed by atoms with Gasteiger partial charge in [0.1, 0.15) is 16.3 Å². The lowest BCUT2D eigenvalue weighted by Gasteiger charge is -2.13. The van der Waals surface area contributed by atoms with Crippen LogP contribution < -0.4 is 5.01 Å². The maximum absolute atomic E-state index is 13.5. The fourth-order valence-corrected chi connectivity index (χ4v) is 8.39. The highest BCUT2D eigenvalue weighted by molar-refractivity contribution is 7.95. The van der Waals surface area contributed by atoms with E-state index >= 15 is 0 Å². The lowest BCUT2D eigenvalue weighted by molar-refractivity contribution is -0.432. The number of hydrogen-bond donors (Lipinski definition) is 7. The fourth-order valence-electron chi connectivity index (χ4n) is 6.04. The first-order valence-electron chi connectivity index (χ1n) is 17.9. The molecule has 1 aliphatic rings. The number of carbonyl (C=O) groups excluding carboxylic acids is 1. The molecule has 7 N–H and O–H groups in total. The summed E-state index contributed by atoms with van der Waals surface area (Å²) in [7, 11) is -9.96. The second kappa shape index (κ2) is 21.2. The lowest BCUT2D eigenvalue weighted by Crippen LogP contribution is -2.33. The number of amides is 1. The molecule has 0 aliphatic carbocycles. The second-order valence-corrected chi connectivity index (χ2v) is 18.1. The number of azo groups is 3. The Balaban J connectivity index is 1.29. The number of fused-ring (bicyclic) bond motifs is 2. The number of carbonyl (C=O) groups is 2. The van der Waals surface area contributed by atoms with Gasteiger partial charge in [-0.1, -0.05) is 21.2 Å². The number of aliphatic carboxylic acids is 1. The van der Waals surface area contributed by atoms with Crippen molar-refractivity contribution in [2.75, 3.05) is 5.01 Å². The molecule has 32 heteroatoms. The zero-order chi connectivity index (χ0) is 48.8. The molecule has 7 rings (SSSR count). The predicted molar refractivity (Wildman–Crippen MR) is 233 cm³/mol. The van der Waals surface area contributed by atoms with Crippen molar-refractivity contribution in [2.45, 2.75) is 30.5 Å². The summed E-state index contributed by atoms with van der Waals surface area (Å²) in [5, 5.41) is 86.8. The molecule has 0 bridgehead atoms. The number of carboxylic acids is 1. The molecule has 0 fully saturated rings. The summed E-state index contributed by atoms with van der Waals surface area (Å²) >= 11 is 1.56. The SMILES string of the molecule is O=C(O)C1=NN(c2ccc(SOOO)cc2)C(=O)C1N=Nc1cc2c(O)c(N=Nc3ccc(N=Nc4ccc(SOOO)cc4)c4ccc(S(=O)(=O)O)cc34)c(SOOO)cc2cc1S(=O)(=O)O. The largest absolute Gasteiger partial charge is 0.505 e. The van der Waals surface area contributed by atoms with Crippen LogP contribution in [0.15, 0.2) is 157 Å². The van der Waals surface area contributed by atoms with Crippen molar-refractivity contribution in [3.8, 4) is 5.75 Å². The summed E-state index contributed by atoms with van der Waals surface area (Å²) < 4.78 is 83.1. The molecule has 27 nitrogen and oxygen atoms in total. The summed E-state index contributed by atoms with van der Waals surface area (Å²) in [5.74, 6) is -3.53. The monoisotopic (exact) mass is 1030 g/mol. The van der Waals surface area contributed by atoms with Crippen LogP contribution in [0.25, 0.3) is 21.5 Å². The number of benzene rings is 6. The zero-order valence-corrected chi connectivity index (χ0v) is 37.0. The van der Waals surface area contributed by atoms with Crippen molar-refractivity contribution < 1.29 is 89.6 Å². The molecule has 352 valence electrons. The van der Waals surface area contributed by atoms with Crippen molar-refractivity contribution >= 4 is 130 Å². The molecule has 1 amide bonds. The van der Waals surface area contributed by atoms with Crippen molar-refractivity contribution in [3.05, 3.63) is 97.1 Å². The Morgan fingerprint density at radius 2 is 1.25 bits per heavy atom. The molecule has 0 aromatic heterocycles. The molecule has 0 saturated heterocycles. The molecule has 1 aliphatic heterocycles. The number of carboxylic acid groups (broad SMARTS) is 1. The number of phenols is 1. The van der Waals surface area contributed by atoms with Crippen LogP contribution in [-0.4, -0.2) is 75.6 Å². The first kappa shape index (κ1) is 49.5. The Bertz CT molecular complexity index is 3290. The molecule has 1 unspecified atom stereocenters. The molecule has 1 heterocycles. The van der Waals surface area contributed by atoms with Crippen molar-refractivity contribution in [1.29, 1.82) is 0 Å². The van der Waals surface area contributed by atoms with Crippen LogP contribution in [0.5, 0.6) is 5.75 Å². The van der Waals surface area contributed by atoms with E-state index in [2.05, 4.69) is 63.9 Å². The Labute approximate surface area is 391 Å². The highest BCUT2D eigenvalue weighted by Crippen LogP contribution is 2.47. The highest BCUT2D eigenvalue weighted by atomic mass is 32.2. The number of aromatic hydroxyl groups is 1. The van der Waals surface area contributed by atoms with Gasteiger partial charge in [-0.25, -0.2) is 20.6 Å². The number of anilines is 1. The maximum atomic E-state index is 13.5. The molecular formula is C36H24N8O19S5. The Morgan fingerprint density at radius 1 is 0.647 bits per heavy atom. The van der Waals surface area contributed by atoms with Gasteiger partial charge in [-0.05, 0) is 96.4 Å². The van der Waals surface area contributed by atoms with Gasteiger partial charge >= 0.3 is 5.97 Å². The molecule has 6 aromatic rings. The molecule has 68 heavy (non-hydrogen) atoms. The number of nitrogens with zero attached hydrogens (tertiary/aromatic N) is 8. The quantitative estimate of drug-likeness (QED) is 0.0130. The third kappa shape index (κ3) is 11.3. The van der Waals surface area contributed by atoms with E-state index in [1.54, 1.807) is 24.3 Å². The third-order valence-corrected chi connectivity index (χ3v) is 12.5. The summed E-state index contributed by atoms with van der Waals surface area (Å²) in [5.41, 5.74) is -1.47. The van der Waals surface area contributed by atoms with Crippen molar-refractivity contribution in [2.24, 2.45) is 35.8 Å². The third-order valence-electron chi connectivity index (χ3n) is 8.98. The minimum absolute atomic E-state index is 0.0428. The average molecular weight is 1030 g/mol. The van der Waals surface area contributed by atoms with Crippen LogP contribution in [0.2, 0.25) is 0 Å². The number of hydrazone groups is 1. The zero-order valence-electron chi connectivity index (χ0n) is 33.0. The molecule has 6 aromatic carbocycles. The van der Waals surface area contributed by atoms with Crippen molar-refractivity contribution in [3.63, 3.8) is 0 Å². The molecule has 0 radical (unpaired) electrons. The van der Waals surface area contributed by atoms with Gasteiger partial charge in [0, 0.05) is 25.9 Å². The Hall–Kier alpha value is -6.44. The summed E-state index contributed by atoms with van der Waals surface area (Å²) in [6.45, 7) is 0. The van der Waals surface area contributed by atoms with Gasteiger partial charge in [0.15, 0.2) is 11.5 Å². The minimum atomic E-state index is -5.19. The van der Waals surface area contributed by atoms with E-state index in [-0.39, 0.29) is 55.5 Å². The first-order chi connectivity index (χ1) is 32.5. The molecule has 0 saturated carbocycles. The molecular weight excluding hydrogens is 1010 g/mol. The first-order valence-corrected chi connectivity index (χ1v) is 23.0. The van der Waals surface area contributed by atoms with E-state index in [1.807, 2.05) is 0 Å². The normalized spacial score (nSPS) is 14.7. The Morgan fingerprint density at radius 3 is 1.85 bits per heavy atom. The predicted octanol–water partition coefficient (Wildman–Crippen LogP) is 9.25. The van der Waals surface area contributed by atoms with Crippen LogP contribution in [0.3, 0.4) is 0 Å². The topological polar surface area (TPSA) is 389 Å². The van der Waals surface area contributed by atoms with Crippen molar-refractivity contribution in [1.82, 2.24) is 0 Å². The van der Waals surface area contributed by atoms with E-state index in [4.69, 9.17) is 15.8 Å². The number of phenolic OH excluding ortho intramolecular Hbond substituents is 1. The van der Waals surface area contributed by atoms with E-state index in [0.717, 1.165) is 30.3 Å². The van der Waals surface area contributed by atoms with Crippen LogP contribution in [0.1, 0.15) is 0 Å². The number of hydrogen-bond acceptors (Lipinski definition) is 26. The van der Waals surface area contributed by atoms with Gasteiger partial charge < -0.3 is 10.2 Å². The summed E-state index contributed by atoms with van der Waals surface area (Å²) in [6, 6.07) is 18.9. The smallest absolute Gasteiger partial charge is 0.355 e. The average Bonchev–Trinajstić information content (AvgIpc) is 3.65. The lowest BCUT2D eigenvalue weighted by atomic mass is 10.1. The summed E-state index contributed by atoms with van der Waals surface area (Å²) in [4.78, 5) is 24.9. The van der Waals surface area contributed by atoms with Gasteiger partial charge in [0.25, 0.3) is 26.1 Å². The fraction of sp³-hybridized carbons (Fsp3) is 0.0278. The summed E-state index contributed by atoms with van der Waals surface area (Å²) in [6.07, 6.45) is 0. The molecule has 0 spiro atoms. The van der Waals surface area contributed by atoms with E-state index in [0.29, 0.717) is 44.6 Å². The van der Waals surface area contributed by atoms with E-state index in [1.165, 1.54) is 42.5 Å². The van der Waals surface area contributed by atoms with Gasteiger partial charge in [0.05, 0.1) is 68.7 Å². The van der Waals surface area contributed by atoms with Crippen LogP contribution in [0.4, 0.5) is 34.1 Å². The Kier molecular flexibility index (Phi) is 15.5. The van der Waals surface area contributed by atoms with Gasteiger partial charge in [-0.2, -0.15) is 42.3 Å².